The van der Waals surface area contributed by atoms with Gasteiger partial charge in [0.1, 0.15) is 0 Å². The maximum atomic E-state index is 12.4. The third-order valence-electron chi connectivity index (χ3n) is 3.96. The van der Waals surface area contributed by atoms with Crippen LogP contribution in [-0.2, 0) is 16.0 Å². The van der Waals surface area contributed by atoms with E-state index in [1.54, 1.807) is 30.0 Å². The zero-order valence-corrected chi connectivity index (χ0v) is 13.2. The first-order chi connectivity index (χ1) is 9.83. The van der Waals surface area contributed by atoms with Gasteiger partial charge in [-0.25, -0.2) is 0 Å². The second-order valence-electron chi connectivity index (χ2n) is 5.66. The van der Waals surface area contributed by atoms with E-state index in [0.717, 1.165) is 0 Å². The standard InChI is InChI=1S/C15H17Cl2NO3/c1-15(14(20)21)6-3-7-18(9-15)13(19)8-10-11(16)4-2-5-12(10)17/h2,4-5H,3,6-9H2,1H3,(H,20,21). The largest absolute Gasteiger partial charge is 0.481 e. The molecule has 1 atom stereocenters. The second-order valence-corrected chi connectivity index (χ2v) is 6.48. The number of carboxylic acid groups (broad SMARTS) is 1. The lowest BCUT2D eigenvalue weighted by Gasteiger charge is -2.37. The number of amides is 1. The van der Waals surface area contributed by atoms with E-state index < -0.39 is 11.4 Å². The monoisotopic (exact) mass is 329 g/mol. The third-order valence-corrected chi connectivity index (χ3v) is 4.66. The highest BCUT2D eigenvalue weighted by Gasteiger charge is 2.39. The van der Waals surface area contributed by atoms with Gasteiger partial charge in [-0.1, -0.05) is 29.3 Å². The summed E-state index contributed by atoms with van der Waals surface area (Å²) in [5, 5.41) is 10.2. The van der Waals surface area contributed by atoms with Gasteiger partial charge in [0.2, 0.25) is 5.91 Å². The highest BCUT2D eigenvalue weighted by molar-refractivity contribution is 6.36. The Hall–Kier alpha value is -1.26. The van der Waals surface area contributed by atoms with Crippen LogP contribution in [-0.4, -0.2) is 35.0 Å². The van der Waals surface area contributed by atoms with E-state index in [-0.39, 0.29) is 18.9 Å². The molecule has 21 heavy (non-hydrogen) atoms. The van der Waals surface area contributed by atoms with E-state index in [4.69, 9.17) is 23.2 Å². The molecule has 0 bridgehead atoms. The van der Waals surface area contributed by atoms with Crippen LogP contribution in [0.3, 0.4) is 0 Å². The predicted octanol–water partition coefficient (Wildman–Crippen LogP) is 3.25. The molecule has 1 aromatic rings. The molecule has 1 N–H and O–H groups in total. The van der Waals surface area contributed by atoms with Gasteiger partial charge in [0.05, 0.1) is 11.8 Å². The minimum Gasteiger partial charge on any atom is -0.481 e. The fraction of sp³-hybridized carbons (Fsp3) is 0.467. The number of likely N-dealkylation sites (tertiary alicyclic amines) is 1. The van der Waals surface area contributed by atoms with E-state index in [0.29, 0.717) is 35.0 Å². The van der Waals surface area contributed by atoms with Crippen molar-refractivity contribution < 1.29 is 14.7 Å². The SMILES string of the molecule is CC1(C(=O)O)CCCN(C(=O)Cc2c(Cl)cccc2Cl)C1. The molecule has 1 saturated heterocycles. The van der Waals surface area contributed by atoms with Crippen molar-refractivity contribution >= 4 is 35.1 Å². The number of carboxylic acids is 1. The van der Waals surface area contributed by atoms with Gasteiger partial charge in [0.15, 0.2) is 0 Å². The number of hydrogen-bond donors (Lipinski definition) is 1. The molecule has 1 fully saturated rings. The van der Waals surface area contributed by atoms with E-state index in [2.05, 4.69) is 0 Å². The lowest BCUT2D eigenvalue weighted by molar-refractivity contribution is -0.153. The van der Waals surface area contributed by atoms with Gasteiger partial charge in [-0.3, -0.25) is 9.59 Å². The topological polar surface area (TPSA) is 57.6 Å². The quantitative estimate of drug-likeness (QED) is 0.925. The number of carbonyl (C=O) groups excluding carboxylic acids is 1. The van der Waals surface area contributed by atoms with Crippen LogP contribution in [0.1, 0.15) is 25.3 Å². The average Bonchev–Trinajstić information content (AvgIpc) is 2.43. The minimum absolute atomic E-state index is 0.0915. The van der Waals surface area contributed by atoms with Gasteiger partial charge in [-0.15, -0.1) is 0 Å². The van der Waals surface area contributed by atoms with Crippen LogP contribution < -0.4 is 0 Å². The van der Waals surface area contributed by atoms with Gasteiger partial charge >= 0.3 is 5.97 Å². The Bertz CT molecular complexity index is 556. The molecular formula is C15H17Cl2NO3. The molecular weight excluding hydrogens is 313 g/mol. The molecule has 114 valence electrons. The Morgan fingerprint density at radius 2 is 1.95 bits per heavy atom. The molecule has 0 aliphatic carbocycles. The third kappa shape index (κ3) is 3.50. The number of rotatable bonds is 3. The zero-order chi connectivity index (χ0) is 15.6. The Labute approximate surface area is 133 Å². The molecule has 1 unspecified atom stereocenters. The van der Waals surface area contributed by atoms with Gasteiger partial charge in [-0.2, -0.15) is 0 Å². The number of nitrogens with zero attached hydrogens (tertiary/aromatic N) is 1. The number of benzene rings is 1. The number of hydrogen-bond acceptors (Lipinski definition) is 2. The molecule has 2 rings (SSSR count). The van der Waals surface area contributed by atoms with Crippen molar-refractivity contribution in [3.05, 3.63) is 33.8 Å². The van der Waals surface area contributed by atoms with Crippen molar-refractivity contribution in [2.75, 3.05) is 13.1 Å². The zero-order valence-electron chi connectivity index (χ0n) is 11.7. The Balaban J connectivity index is 2.12. The van der Waals surface area contributed by atoms with Crippen molar-refractivity contribution in [2.45, 2.75) is 26.2 Å². The molecule has 1 aliphatic rings. The summed E-state index contributed by atoms with van der Waals surface area (Å²) in [5.74, 6) is -1.01. The summed E-state index contributed by atoms with van der Waals surface area (Å²) in [4.78, 5) is 25.3. The lowest BCUT2D eigenvalue weighted by atomic mass is 9.82. The van der Waals surface area contributed by atoms with Crippen molar-refractivity contribution in [3.63, 3.8) is 0 Å². The normalized spacial score (nSPS) is 22.1. The summed E-state index contributed by atoms with van der Waals surface area (Å²) >= 11 is 12.1. The van der Waals surface area contributed by atoms with Crippen LogP contribution in [0.5, 0.6) is 0 Å². The van der Waals surface area contributed by atoms with Crippen LogP contribution in [0.25, 0.3) is 0 Å². The summed E-state index contributed by atoms with van der Waals surface area (Å²) in [7, 11) is 0. The van der Waals surface area contributed by atoms with Crippen LogP contribution in [0.4, 0.5) is 0 Å². The average molecular weight is 330 g/mol. The molecule has 1 heterocycles. The van der Waals surface area contributed by atoms with Crippen LogP contribution in [0.15, 0.2) is 18.2 Å². The minimum atomic E-state index is -0.877. The summed E-state index contributed by atoms with van der Waals surface area (Å²) in [6.07, 6.45) is 1.36. The molecule has 1 aliphatic heterocycles. The number of carbonyl (C=O) groups is 2. The summed E-state index contributed by atoms with van der Waals surface area (Å²) in [6, 6.07) is 5.10. The maximum Gasteiger partial charge on any atom is 0.311 e. The predicted molar refractivity (Wildman–Crippen MR) is 81.7 cm³/mol. The Morgan fingerprint density at radius 3 is 2.52 bits per heavy atom. The molecule has 0 spiro atoms. The summed E-state index contributed by atoms with van der Waals surface area (Å²) < 4.78 is 0. The molecule has 0 aromatic heterocycles. The van der Waals surface area contributed by atoms with Gasteiger partial charge in [0, 0.05) is 23.1 Å². The van der Waals surface area contributed by atoms with Crippen molar-refractivity contribution in [3.8, 4) is 0 Å². The van der Waals surface area contributed by atoms with Crippen LogP contribution >= 0.6 is 23.2 Å². The summed E-state index contributed by atoms with van der Waals surface area (Å²) in [5.41, 5.74) is -0.286. The Kier molecular flexibility index (Phi) is 4.79. The highest BCUT2D eigenvalue weighted by atomic mass is 35.5. The van der Waals surface area contributed by atoms with E-state index in [1.807, 2.05) is 0 Å². The van der Waals surface area contributed by atoms with Crippen molar-refractivity contribution in [1.82, 2.24) is 4.90 Å². The van der Waals surface area contributed by atoms with Gasteiger partial charge in [-0.05, 0) is 37.5 Å². The maximum absolute atomic E-state index is 12.4. The van der Waals surface area contributed by atoms with Crippen molar-refractivity contribution in [1.29, 1.82) is 0 Å². The first-order valence-corrected chi connectivity index (χ1v) is 7.53. The lowest BCUT2D eigenvalue weighted by Crippen LogP contribution is -2.48. The first-order valence-electron chi connectivity index (χ1n) is 6.77. The van der Waals surface area contributed by atoms with Gasteiger partial charge < -0.3 is 10.0 Å². The van der Waals surface area contributed by atoms with Gasteiger partial charge in [0.25, 0.3) is 0 Å². The van der Waals surface area contributed by atoms with E-state index in [1.165, 1.54) is 0 Å². The number of aliphatic carboxylic acids is 1. The summed E-state index contributed by atoms with van der Waals surface area (Å²) in [6.45, 7) is 2.48. The molecule has 4 nitrogen and oxygen atoms in total. The van der Waals surface area contributed by atoms with Crippen LogP contribution in [0.2, 0.25) is 10.0 Å². The fourth-order valence-electron chi connectivity index (χ4n) is 2.59. The van der Waals surface area contributed by atoms with Crippen molar-refractivity contribution in [2.24, 2.45) is 5.41 Å². The smallest absolute Gasteiger partial charge is 0.311 e. The number of halogens is 2. The Morgan fingerprint density at radius 1 is 1.33 bits per heavy atom. The fourth-order valence-corrected chi connectivity index (χ4v) is 3.12. The molecule has 0 radical (unpaired) electrons. The molecule has 1 amide bonds. The number of piperidine rings is 1. The molecule has 0 saturated carbocycles. The highest BCUT2D eigenvalue weighted by Crippen LogP contribution is 2.31. The first kappa shape index (κ1) is 16.1. The van der Waals surface area contributed by atoms with Crippen LogP contribution in [0, 0.1) is 5.41 Å². The van der Waals surface area contributed by atoms with E-state index in [9.17, 15) is 14.7 Å². The second kappa shape index (κ2) is 6.24. The van der Waals surface area contributed by atoms with E-state index >= 15 is 0 Å². The molecule has 1 aromatic carbocycles. The molecule has 6 heteroatoms.